The molecule has 4 nitrogen and oxygen atoms in total. The summed E-state index contributed by atoms with van der Waals surface area (Å²) in [6.45, 7) is 3.07. The third-order valence-corrected chi connectivity index (χ3v) is 3.79. The number of carbonyl (C=O) groups excluding carboxylic acids is 2. The Morgan fingerprint density at radius 3 is 2.50 bits per heavy atom. The molecule has 0 bridgehead atoms. The fraction of sp³-hybridized carbons (Fsp3) is 0.467. The van der Waals surface area contributed by atoms with Crippen LogP contribution in [0.15, 0.2) is 24.3 Å². The molecule has 2 N–H and O–H groups in total. The molecule has 0 saturated heterocycles. The van der Waals surface area contributed by atoms with Gasteiger partial charge in [-0.25, -0.2) is 0 Å². The number of carbonyl (C=O) groups is 2. The average molecular weight is 295 g/mol. The molecule has 1 aromatic carbocycles. The van der Waals surface area contributed by atoms with E-state index in [-0.39, 0.29) is 23.7 Å². The van der Waals surface area contributed by atoms with Crippen LogP contribution in [0.4, 0.5) is 0 Å². The number of rotatable bonds is 6. The van der Waals surface area contributed by atoms with Crippen molar-refractivity contribution in [3.8, 4) is 0 Å². The number of amides is 2. The molecule has 1 aliphatic carbocycles. The van der Waals surface area contributed by atoms with Crippen molar-refractivity contribution in [2.75, 3.05) is 6.54 Å². The molecule has 1 aliphatic rings. The molecule has 2 atom stereocenters. The van der Waals surface area contributed by atoms with Crippen molar-refractivity contribution in [3.05, 3.63) is 34.9 Å². The van der Waals surface area contributed by atoms with Crippen LogP contribution in [0.3, 0.4) is 0 Å². The first-order valence-corrected chi connectivity index (χ1v) is 7.30. The summed E-state index contributed by atoms with van der Waals surface area (Å²) in [6, 6.07) is 7.40. The first kappa shape index (κ1) is 14.9. The van der Waals surface area contributed by atoms with Gasteiger partial charge in [-0.3, -0.25) is 9.59 Å². The van der Waals surface area contributed by atoms with E-state index in [2.05, 4.69) is 10.6 Å². The molecule has 1 saturated carbocycles. The SMILES string of the molecule is CCCNC(=O)C1CC1C(=O)NCc1ccccc1Cl. The first-order valence-electron chi connectivity index (χ1n) is 6.92. The van der Waals surface area contributed by atoms with Gasteiger partial charge in [-0.2, -0.15) is 0 Å². The Morgan fingerprint density at radius 1 is 1.20 bits per heavy atom. The molecule has 0 heterocycles. The van der Waals surface area contributed by atoms with Gasteiger partial charge in [0.1, 0.15) is 0 Å². The van der Waals surface area contributed by atoms with Crippen LogP contribution >= 0.6 is 11.6 Å². The van der Waals surface area contributed by atoms with E-state index < -0.39 is 0 Å². The minimum atomic E-state index is -0.186. The Bertz CT molecular complexity index is 504. The average Bonchev–Trinajstić information content (AvgIpc) is 3.24. The van der Waals surface area contributed by atoms with Gasteiger partial charge in [0.05, 0.1) is 11.8 Å². The highest BCUT2D eigenvalue weighted by molar-refractivity contribution is 6.31. The number of hydrogen-bond donors (Lipinski definition) is 2. The van der Waals surface area contributed by atoms with Crippen LogP contribution < -0.4 is 10.6 Å². The van der Waals surface area contributed by atoms with Crippen LogP contribution in [0.25, 0.3) is 0 Å². The number of hydrogen-bond acceptors (Lipinski definition) is 2. The monoisotopic (exact) mass is 294 g/mol. The van der Waals surface area contributed by atoms with Crippen molar-refractivity contribution in [2.24, 2.45) is 11.8 Å². The van der Waals surface area contributed by atoms with Crippen molar-refractivity contribution in [1.82, 2.24) is 10.6 Å². The van der Waals surface area contributed by atoms with Crippen LogP contribution in [-0.2, 0) is 16.1 Å². The van der Waals surface area contributed by atoms with Crippen LogP contribution in [0, 0.1) is 11.8 Å². The van der Waals surface area contributed by atoms with Crippen LogP contribution in [0.2, 0.25) is 5.02 Å². The maximum atomic E-state index is 11.9. The van der Waals surface area contributed by atoms with Crippen LogP contribution in [-0.4, -0.2) is 18.4 Å². The maximum Gasteiger partial charge on any atom is 0.224 e. The zero-order valence-electron chi connectivity index (χ0n) is 11.5. The normalized spacial score (nSPS) is 20.3. The largest absolute Gasteiger partial charge is 0.356 e. The van der Waals surface area contributed by atoms with E-state index >= 15 is 0 Å². The zero-order chi connectivity index (χ0) is 14.5. The second kappa shape index (κ2) is 6.75. The van der Waals surface area contributed by atoms with Gasteiger partial charge in [0, 0.05) is 18.1 Å². The highest BCUT2D eigenvalue weighted by Crippen LogP contribution is 2.38. The summed E-state index contributed by atoms with van der Waals surface area (Å²) >= 11 is 6.02. The Kier molecular flexibility index (Phi) is 5.01. The van der Waals surface area contributed by atoms with Crippen molar-refractivity contribution in [1.29, 1.82) is 0 Å². The molecule has 1 aromatic rings. The van der Waals surface area contributed by atoms with E-state index in [0.29, 0.717) is 24.5 Å². The van der Waals surface area contributed by atoms with Gasteiger partial charge in [0.25, 0.3) is 0 Å². The second-order valence-electron chi connectivity index (χ2n) is 5.05. The van der Waals surface area contributed by atoms with Crippen LogP contribution in [0.1, 0.15) is 25.3 Å². The third-order valence-electron chi connectivity index (χ3n) is 3.42. The second-order valence-corrected chi connectivity index (χ2v) is 5.46. The quantitative estimate of drug-likeness (QED) is 0.844. The van der Waals surface area contributed by atoms with Gasteiger partial charge < -0.3 is 10.6 Å². The van der Waals surface area contributed by atoms with Gasteiger partial charge in [-0.05, 0) is 24.5 Å². The summed E-state index contributed by atoms with van der Waals surface area (Å²) in [4.78, 5) is 23.6. The molecule has 108 valence electrons. The van der Waals surface area contributed by atoms with Gasteiger partial charge in [0.15, 0.2) is 0 Å². The van der Waals surface area contributed by atoms with E-state index in [1.807, 2.05) is 25.1 Å². The third kappa shape index (κ3) is 3.73. The Balaban J connectivity index is 1.77. The minimum Gasteiger partial charge on any atom is -0.356 e. The first-order chi connectivity index (χ1) is 9.63. The predicted molar refractivity (Wildman–Crippen MR) is 78.2 cm³/mol. The highest BCUT2D eigenvalue weighted by Gasteiger charge is 2.47. The van der Waals surface area contributed by atoms with E-state index in [1.165, 1.54) is 0 Å². The van der Waals surface area contributed by atoms with E-state index in [1.54, 1.807) is 6.07 Å². The highest BCUT2D eigenvalue weighted by atomic mass is 35.5. The van der Waals surface area contributed by atoms with Gasteiger partial charge in [-0.15, -0.1) is 0 Å². The molecule has 20 heavy (non-hydrogen) atoms. The van der Waals surface area contributed by atoms with E-state index in [0.717, 1.165) is 12.0 Å². The molecule has 5 heteroatoms. The van der Waals surface area contributed by atoms with Gasteiger partial charge >= 0.3 is 0 Å². The lowest BCUT2D eigenvalue weighted by Crippen LogP contribution is -2.30. The summed E-state index contributed by atoms with van der Waals surface area (Å²) < 4.78 is 0. The van der Waals surface area contributed by atoms with E-state index in [4.69, 9.17) is 11.6 Å². The van der Waals surface area contributed by atoms with Crippen molar-refractivity contribution < 1.29 is 9.59 Å². The predicted octanol–water partition coefficient (Wildman–Crippen LogP) is 2.12. The molecule has 0 aromatic heterocycles. The van der Waals surface area contributed by atoms with Gasteiger partial charge in [-0.1, -0.05) is 36.7 Å². The summed E-state index contributed by atoms with van der Waals surface area (Å²) in [7, 11) is 0. The van der Waals surface area contributed by atoms with Crippen molar-refractivity contribution in [3.63, 3.8) is 0 Å². The fourth-order valence-corrected chi connectivity index (χ4v) is 2.31. The van der Waals surface area contributed by atoms with Crippen molar-refractivity contribution in [2.45, 2.75) is 26.3 Å². The van der Waals surface area contributed by atoms with E-state index in [9.17, 15) is 9.59 Å². The molecular weight excluding hydrogens is 276 g/mol. The Morgan fingerprint density at radius 2 is 1.85 bits per heavy atom. The summed E-state index contributed by atoms with van der Waals surface area (Å²) in [5.74, 6) is -0.423. The zero-order valence-corrected chi connectivity index (χ0v) is 12.2. The number of halogens is 1. The molecule has 0 aliphatic heterocycles. The molecular formula is C15H19ClN2O2. The Labute approximate surface area is 123 Å². The number of nitrogens with one attached hydrogen (secondary N) is 2. The van der Waals surface area contributed by atoms with Crippen molar-refractivity contribution >= 4 is 23.4 Å². The fourth-order valence-electron chi connectivity index (χ4n) is 2.11. The molecule has 2 unspecified atom stereocenters. The molecule has 0 spiro atoms. The van der Waals surface area contributed by atoms with Gasteiger partial charge in [0.2, 0.25) is 11.8 Å². The summed E-state index contributed by atoms with van der Waals surface area (Å²) in [5, 5.41) is 6.30. The molecule has 2 rings (SSSR count). The lowest BCUT2D eigenvalue weighted by Gasteiger charge is -2.07. The smallest absolute Gasteiger partial charge is 0.224 e. The minimum absolute atomic E-state index is 0.00950. The maximum absolute atomic E-state index is 11.9. The number of benzene rings is 1. The molecule has 2 amide bonds. The summed E-state index contributed by atoms with van der Waals surface area (Å²) in [6.07, 6.45) is 1.55. The van der Waals surface area contributed by atoms with Crippen LogP contribution in [0.5, 0.6) is 0 Å². The molecule has 0 radical (unpaired) electrons. The topological polar surface area (TPSA) is 58.2 Å². The summed E-state index contributed by atoms with van der Waals surface area (Å²) in [5.41, 5.74) is 0.884. The Hall–Kier alpha value is -1.55. The lowest BCUT2D eigenvalue weighted by molar-refractivity contribution is -0.127. The molecule has 1 fully saturated rings. The standard InChI is InChI=1S/C15H19ClN2O2/c1-2-7-17-14(19)11-8-12(11)15(20)18-9-10-5-3-4-6-13(10)16/h3-6,11-12H,2,7-9H2,1H3,(H,17,19)(H,18,20). The lowest BCUT2D eigenvalue weighted by atomic mass is 10.2.